The van der Waals surface area contributed by atoms with Gasteiger partial charge in [-0.3, -0.25) is 5.32 Å². The molecule has 0 saturated carbocycles. The van der Waals surface area contributed by atoms with Crippen LogP contribution in [-0.2, 0) is 6.54 Å². The summed E-state index contributed by atoms with van der Waals surface area (Å²) < 4.78 is 48.4. The molecule has 0 heterocycles. The van der Waals surface area contributed by atoms with E-state index in [1.165, 1.54) is 0 Å². The predicted molar refractivity (Wildman–Crippen MR) is 49.1 cm³/mol. The van der Waals surface area contributed by atoms with Crippen LogP contribution in [0.4, 0.5) is 17.6 Å². The molecule has 0 aliphatic heterocycles. The van der Waals surface area contributed by atoms with Crippen LogP contribution in [-0.4, -0.2) is 18.9 Å². The highest BCUT2D eigenvalue weighted by Gasteiger charge is 2.39. The molecule has 0 saturated heterocycles. The van der Waals surface area contributed by atoms with Gasteiger partial charge in [0.05, 0.1) is 0 Å². The number of benzene rings is 1. The van der Waals surface area contributed by atoms with E-state index in [0.717, 1.165) is 0 Å². The molecular weight excluding hydrogens is 210 g/mol. The van der Waals surface area contributed by atoms with Crippen LogP contribution in [0.3, 0.4) is 0 Å². The van der Waals surface area contributed by atoms with Gasteiger partial charge in [-0.2, -0.15) is 13.2 Å². The molecule has 5 heteroatoms. The van der Waals surface area contributed by atoms with Crippen molar-refractivity contribution < 1.29 is 17.6 Å². The molecule has 0 bridgehead atoms. The van der Waals surface area contributed by atoms with Gasteiger partial charge in [-0.1, -0.05) is 30.3 Å². The molecule has 0 aliphatic carbocycles. The molecule has 1 aromatic carbocycles. The Morgan fingerprint density at radius 2 is 1.73 bits per heavy atom. The topological polar surface area (TPSA) is 12.0 Å². The molecule has 1 rings (SSSR count). The van der Waals surface area contributed by atoms with E-state index in [2.05, 4.69) is 5.32 Å². The molecule has 15 heavy (non-hydrogen) atoms. The first-order valence-corrected chi connectivity index (χ1v) is 4.44. The summed E-state index contributed by atoms with van der Waals surface area (Å²) in [5.74, 6) is 0. The Morgan fingerprint density at radius 3 is 2.20 bits per heavy atom. The van der Waals surface area contributed by atoms with Crippen molar-refractivity contribution in [3.63, 3.8) is 0 Å². The van der Waals surface area contributed by atoms with E-state index >= 15 is 0 Å². The molecule has 0 radical (unpaired) electrons. The molecule has 0 amide bonds. The Bertz CT molecular complexity index is 283. The number of hydrogen-bond acceptors (Lipinski definition) is 1. The Balaban J connectivity index is 2.49. The zero-order chi connectivity index (χ0) is 11.3. The SMILES string of the molecule is FCC(NCc1ccccc1)C(F)(F)F. The fourth-order valence-electron chi connectivity index (χ4n) is 1.09. The van der Waals surface area contributed by atoms with Crippen molar-refractivity contribution in [2.45, 2.75) is 18.8 Å². The highest BCUT2D eigenvalue weighted by Crippen LogP contribution is 2.20. The molecule has 1 nitrogen and oxygen atoms in total. The minimum absolute atomic E-state index is 0.00887. The van der Waals surface area contributed by atoms with E-state index in [4.69, 9.17) is 0 Å². The second kappa shape index (κ2) is 5.11. The number of alkyl halides is 4. The molecular formula is C10H11F4N. The standard InChI is InChI=1S/C10H11F4N/c11-6-9(10(12,13)14)15-7-8-4-2-1-3-5-8/h1-5,9,15H,6-7H2. The number of halogens is 4. The van der Waals surface area contributed by atoms with Crippen LogP contribution < -0.4 is 5.32 Å². The van der Waals surface area contributed by atoms with Crippen LogP contribution in [0.2, 0.25) is 0 Å². The van der Waals surface area contributed by atoms with Gasteiger partial charge in [0.2, 0.25) is 0 Å². The van der Waals surface area contributed by atoms with Crippen LogP contribution >= 0.6 is 0 Å². The summed E-state index contributed by atoms with van der Waals surface area (Å²) in [5.41, 5.74) is 0.695. The predicted octanol–water partition coefficient (Wildman–Crippen LogP) is 2.68. The average molecular weight is 221 g/mol. The van der Waals surface area contributed by atoms with Gasteiger partial charge >= 0.3 is 6.18 Å². The van der Waals surface area contributed by atoms with Crippen LogP contribution in [0, 0.1) is 0 Å². The second-order valence-corrected chi connectivity index (χ2v) is 3.12. The molecule has 84 valence electrons. The molecule has 0 aliphatic rings. The van der Waals surface area contributed by atoms with Crippen molar-refractivity contribution in [1.29, 1.82) is 0 Å². The smallest absolute Gasteiger partial charge is 0.300 e. The summed E-state index contributed by atoms with van der Waals surface area (Å²) in [6.45, 7) is -1.44. The van der Waals surface area contributed by atoms with E-state index in [-0.39, 0.29) is 6.54 Å². The van der Waals surface area contributed by atoms with Crippen LogP contribution in [0.5, 0.6) is 0 Å². The Kier molecular flexibility index (Phi) is 4.08. The van der Waals surface area contributed by atoms with Gasteiger partial charge in [0.15, 0.2) is 0 Å². The fraction of sp³-hybridized carbons (Fsp3) is 0.400. The summed E-state index contributed by atoms with van der Waals surface area (Å²) in [5, 5.41) is 2.13. The minimum Gasteiger partial charge on any atom is -0.300 e. The van der Waals surface area contributed by atoms with Crippen molar-refractivity contribution in [3.8, 4) is 0 Å². The minimum atomic E-state index is -4.54. The third-order valence-electron chi connectivity index (χ3n) is 1.94. The van der Waals surface area contributed by atoms with E-state index in [1.54, 1.807) is 30.3 Å². The van der Waals surface area contributed by atoms with Crippen molar-refractivity contribution in [2.24, 2.45) is 0 Å². The van der Waals surface area contributed by atoms with E-state index in [0.29, 0.717) is 5.56 Å². The summed E-state index contributed by atoms with van der Waals surface area (Å²) in [7, 11) is 0. The normalized spacial score (nSPS) is 13.9. The van der Waals surface area contributed by atoms with Crippen LogP contribution in [0.25, 0.3) is 0 Å². The molecule has 1 atom stereocenters. The van der Waals surface area contributed by atoms with E-state index < -0.39 is 18.9 Å². The van der Waals surface area contributed by atoms with Gasteiger partial charge in [-0.05, 0) is 5.56 Å². The summed E-state index contributed by atoms with van der Waals surface area (Å²) in [6.07, 6.45) is -4.54. The fourth-order valence-corrected chi connectivity index (χ4v) is 1.09. The zero-order valence-corrected chi connectivity index (χ0v) is 7.89. The maximum absolute atomic E-state index is 12.1. The van der Waals surface area contributed by atoms with E-state index in [1.807, 2.05) is 0 Å². The van der Waals surface area contributed by atoms with Crippen molar-refractivity contribution >= 4 is 0 Å². The molecule has 1 aromatic rings. The van der Waals surface area contributed by atoms with Gasteiger partial charge in [0.1, 0.15) is 12.7 Å². The molecule has 1 unspecified atom stereocenters. The molecule has 0 fully saturated rings. The van der Waals surface area contributed by atoms with Crippen molar-refractivity contribution in [3.05, 3.63) is 35.9 Å². The third-order valence-corrected chi connectivity index (χ3v) is 1.94. The van der Waals surface area contributed by atoms with Gasteiger partial charge < -0.3 is 0 Å². The summed E-state index contributed by atoms with van der Waals surface area (Å²) in [6, 6.07) is 6.47. The lowest BCUT2D eigenvalue weighted by Crippen LogP contribution is -2.43. The first-order chi connectivity index (χ1) is 7.04. The zero-order valence-electron chi connectivity index (χ0n) is 7.89. The van der Waals surface area contributed by atoms with Crippen molar-refractivity contribution in [2.75, 3.05) is 6.67 Å². The second-order valence-electron chi connectivity index (χ2n) is 3.12. The monoisotopic (exact) mass is 221 g/mol. The van der Waals surface area contributed by atoms with Crippen molar-refractivity contribution in [1.82, 2.24) is 5.32 Å². The number of nitrogens with one attached hydrogen (secondary N) is 1. The van der Waals surface area contributed by atoms with E-state index in [9.17, 15) is 17.6 Å². The number of hydrogen-bond donors (Lipinski definition) is 1. The maximum atomic E-state index is 12.1. The first kappa shape index (κ1) is 12.0. The first-order valence-electron chi connectivity index (χ1n) is 4.44. The average Bonchev–Trinajstić information content (AvgIpc) is 2.18. The molecule has 0 aromatic heterocycles. The van der Waals surface area contributed by atoms with Gasteiger partial charge in [0, 0.05) is 6.54 Å². The molecule has 0 spiro atoms. The highest BCUT2D eigenvalue weighted by atomic mass is 19.4. The largest absolute Gasteiger partial charge is 0.406 e. The summed E-state index contributed by atoms with van der Waals surface area (Å²) >= 11 is 0. The molecule has 1 N–H and O–H groups in total. The lowest BCUT2D eigenvalue weighted by atomic mass is 10.2. The van der Waals surface area contributed by atoms with Gasteiger partial charge in [-0.15, -0.1) is 0 Å². The lowest BCUT2D eigenvalue weighted by Gasteiger charge is -2.18. The Morgan fingerprint density at radius 1 is 1.13 bits per heavy atom. The third kappa shape index (κ3) is 3.87. The van der Waals surface area contributed by atoms with Crippen LogP contribution in [0.1, 0.15) is 5.56 Å². The Hall–Kier alpha value is -1.10. The highest BCUT2D eigenvalue weighted by molar-refractivity contribution is 5.14. The lowest BCUT2D eigenvalue weighted by molar-refractivity contribution is -0.159. The quantitative estimate of drug-likeness (QED) is 0.771. The summed E-state index contributed by atoms with van der Waals surface area (Å²) in [4.78, 5) is 0. The number of rotatable bonds is 4. The van der Waals surface area contributed by atoms with Gasteiger partial charge in [0.25, 0.3) is 0 Å². The van der Waals surface area contributed by atoms with Gasteiger partial charge in [-0.25, -0.2) is 4.39 Å². The van der Waals surface area contributed by atoms with Crippen LogP contribution in [0.15, 0.2) is 30.3 Å². The maximum Gasteiger partial charge on any atom is 0.406 e. The Labute approximate surface area is 85.1 Å².